The van der Waals surface area contributed by atoms with E-state index in [0.29, 0.717) is 27.0 Å². The second-order valence-electron chi connectivity index (χ2n) is 6.40. The number of alkyl halides is 3. The molecule has 0 spiro atoms. The van der Waals surface area contributed by atoms with Crippen LogP contribution in [-0.2, 0) is 4.79 Å². The molecule has 0 aromatic heterocycles. The maximum Gasteiger partial charge on any atom is 0.471 e. The van der Waals surface area contributed by atoms with E-state index in [9.17, 15) is 22.8 Å². The number of anilines is 2. The minimum Gasteiger partial charge on any atom is -0.366 e. The van der Waals surface area contributed by atoms with Gasteiger partial charge in [0.1, 0.15) is 0 Å². The fourth-order valence-corrected chi connectivity index (χ4v) is 3.31. The Morgan fingerprint density at radius 2 is 1.48 bits per heavy atom. The number of nitrogens with one attached hydrogen (secondary N) is 1. The number of rotatable bonds is 3. The van der Waals surface area contributed by atoms with Crippen molar-refractivity contribution >= 4 is 46.4 Å². The molecule has 0 saturated carbocycles. The average Bonchev–Trinajstić information content (AvgIpc) is 2.67. The summed E-state index contributed by atoms with van der Waals surface area (Å²) in [7, 11) is 0. The first-order chi connectivity index (χ1) is 13.6. The van der Waals surface area contributed by atoms with Crippen LogP contribution in [-0.4, -0.2) is 49.1 Å². The van der Waals surface area contributed by atoms with Crippen LogP contribution in [0.15, 0.2) is 42.5 Å². The number of hydrogen-bond donors (Lipinski definition) is 1. The van der Waals surface area contributed by atoms with Crippen LogP contribution in [0.2, 0.25) is 10.0 Å². The van der Waals surface area contributed by atoms with Crippen LogP contribution in [0, 0.1) is 0 Å². The first-order valence-electron chi connectivity index (χ1n) is 8.62. The van der Waals surface area contributed by atoms with Gasteiger partial charge in [-0.15, -0.1) is 0 Å². The average molecular weight is 446 g/mol. The van der Waals surface area contributed by atoms with Gasteiger partial charge in [0.25, 0.3) is 5.91 Å². The van der Waals surface area contributed by atoms with Gasteiger partial charge in [0.15, 0.2) is 0 Å². The van der Waals surface area contributed by atoms with E-state index < -0.39 is 12.1 Å². The van der Waals surface area contributed by atoms with Gasteiger partial charge in [0.05, 0.1) is 11.4 Å². The Hall–Kier alpha value is -2.45. The van der Waals surface area contributed by atoms with E-state index in [0.717, 1.165) is 4.90 Å². The minimum atomic E-state index is -4.89. The first kappa shape index (κ1) is 21.3. The van der Waals surface area contributed by atoms with Crippen molar-refractivity contribution in [1.29, 1.82) is 0 Å². The van der Waals surface area contributed by atoms with Crippen LogP contribution in [0.3, 0.4) is 0 Å². The Morgan fingerprint density at radius 3 is 2.07 bits per heavy atom. The van der Waals surface area contributed by atoms with Crippen molar-refractivity contribution in [2.45, 2.75) is 6.18 Å². The van der Waals surface area contributed by atoms with Gasteiger partial charge in [-0.2, -0.15) is 13.2 Å². The third-order valence-corrected chi connectivity index (χ3v) is 4.95. The van der Waals surface area contributed by atoms with Gasteiger partial charge >= 0.3 is 12.1 Å². The number of nitrogens with zero attached hydrogens (tertiary/aromatic N) is 2. The van der Waals surface area contributed by atoms with Crippen molar-refractivity contribution in [2.24, 2.45) is 0 Å². The third-order valence-electron chi connectivity index (χ3n) is 4.46. The van der Waals surface area contributed by atoms with Crippen LogP contribution < -0.4 is 10.2 Å². The second-order valence-corrected chi connectivity index (χ2v) is 7.27. The second kappa shape index (κ2) is 8.51. The molecule has 0 atom stereocenters. The van der Waals surface area contributed by atoms with Crippen LogP contribution in [0.1, 0.15) is 10.4 Å². The highest BCUT2D eigenvalue weighted by Crippen LogP contribution is 2.31. The van der Waals surface area contributed by atoms with E-state index in [2.05, 4.69) is 5.32 Å². The molecule has 0 radical (unpaired) electrons. The number of halogens is 5. The molecule has 1 aliphatic heterocycles. The molecule has 3 rings (SSSR count). The highest BCUT2D eigenvalue weighted by Gasteiger charge is 2.43. The summed E-state index contributed by atoms with van der Waals surface area (Å²) in [5.41, 5.74) is 1.42. The summed E-state index contributed by atoms with van der Waals surface area (Å²) < 4.78 is 37.9. The summed E-state index contributed by atoms with van der Waals surface area (Å²) in [5.74, 6) is -2.22. The lowest BCUT2D eigenvalue weighted by molar-refractivity contribution is -0.185. The van der Waals surface area contributed by atoms with Crippen molar-refractivity contribution in [3.8, 4) is 0 Å². The molecule has 1 aliphatic rings. The van der Waals surface area contributed by atoms with Crippen molar-refractivity contribution in [3.63, 3.8) is 0 Å². The van der Waals surface area contributed by atoms with Crippen LogP contribution in [0.25, 0.3) is 0 Å². The van der Waals surface area contributed by atoms with Crippen LogP contribution in [0.5, 0.6) is 0 Å². The molecular formula is C19H16Cl2F3N3O2. The normalized spacial score (nSPS) is 14.7. The third kappa shape index (κ3) is 5.13. The number of piperazine rings is 1. The van der Waals surface area contributed by atoms with Gasteiger partial charge in [-0.05, 0) is 42.5 Å². The highest BCUT2D eigenvalue weighted by molar-refractivity contribution is 6.31. The molecule has 0 aliphatic carbocycles. The smallest absolute Gasteiger partial charge is 0.366 e. The molecule has 29 heavy (non-hydrogen) atoms. The molecule has 0 bridgehead atoms. The predicted octanol–water partition coefficient (Wildman–Crippen LogP) is 4.46. The number of amides is 2. The molecule has 1 saturated heterocycles. The molecule has 2 aromatic carbocycles. The summed E-state index contributed by atoms with van der Waals surface area (Å²) in [5, 5.41) is 3.67. The van der Waals surface area contributed by atoms with E-state index in [1.54, 1.807) is 47.4 Å². The van der Waals surface area contributed by atoms with Gasteiger partial charge in [-0.1, -0.05) is 23.2 Å². The number of carbonyl (C=O) groups is 2. The number of carbonyl (C=O) groups excluding carboxylic acids is 2. The zero-order chi connectivity index (χ0) is 21.2. The topological polar surface area (TPSA) is 52.7 Å². The molecule has 10 heteroatoms. The number of hydrogen-bond acceptors (Lipinski definition) is 3. The first-order valence-corrected chi connectivity index (χ1v) is 9.38. The Balaban J connectivity index is 1.75. The summed E-state index contributed by atoms with van der Waals surface area (Å²) >= 11 is 11.9. The van der Waals surface area contributed by atoms with Crippen LogP contribution >= 0.6 is 23.2 Å². The lowest BCUT2D eigenvalue weighted by Crippen LogP contribution is -2.52. The maximum absolute atomic E-state index is 12.6. The van der Waals surface area contributed by atoms with E-state index >= 15 is 0 Å². The molecule has 1 heterocycles. The Bertz CT molecular complexity index is 912. The van der Waals surface area contributed by atoms with Crippen molar-refractivity contribution in [1.82, 2.24) is 4.90 Å². The zero-order valence-electron chi connectivity index (χ0n) is 15.0. The van der Waals surface area contributed by atoms with Gasteiger partial charge in [0.2, 0.25) is 0 Å². The molecule has 154 valence electrons. The molecule has 2 amide bonds. The van der Waals surface area contributed by atoms with Crippen molar-refractivity contribution in [2.75, 3.05) is 36.4 Å². The summed E-state index contributed by atoms with van der Waals surface area (Å²) in [6, 6.07) is 11.2. The molecule has 1 N–H and O–H groups in total. The van der Waals surface area contributed by atoms with Crippen molar-refractivity contribution in [3.05, 3.63) is 58.1 Å². The standard InChI is InChI=1S/C19H16Cl2F3N3O2/c20-13-3-1-12(2-4-13)17(28)25-15-11-14(21)5-6-16(15)26-7-9-27(10-8-26)18(29)19(22,23)24/h1-6,11H,7-10H2,(H,25,28). The summed E-state index contributed by atoms with van der Waals surface area (Å²) in [6.45, 7) is 0.220. The van der Waals surface area contributed by atoms with E-state index in [-0.39, 0.29) is 32.1 Å². The molecule has 1 fully saturated rings. The molecular weight excluding hydrogens is 430 g/mol. The monoisotopic (exact) mass is 445 g/mol. The van der Waals surface area contributed by atoms with Crippen molar-refractivity contribution < 1.29 is 22.8 Å². The quantitative estimate of drug-likeness (QED) is 0.758. The van der Waals surface area contributed by atoms with E-state index in [1.807, 2.05) is 0 Å². The fourth-order valence-electron chi connectivity index (χ4n) is 3.01. The molecule has 5 nitrogen and oxygen atoms in total. The van der Waals surface area contributed by atoms with Gasteiger partial charge in [-0.3, -0.25) is 9.59 Å². The molecule has 2 aromatic rings. The Kier molecular flexibility index (Phi) is 6.24. The SMILES string of the molecule is O=C(Nc1cc(Cl)ccc1N1CCN(C(=O)C(F)(F)F)CC1)c1ccc(Cl)cc1. The Morgan fingerprint density at radius 1 is 0.897 bits per heavy atom. The van der Waals surface area contributed by atoms with E-state index in [1.165, 1.54) is 0 Å². The maximum atomic E-state index is 12.6. The van der Waals surface area contributed by atoms with Gasteiger partial charge in [-0.25, -0.2) is 0 Å². The number of benzene rings is 2. The highest BCUT2D eigenvalue weighted by atomic mass is 35.5. The summed E-state index contributed by atoms with van der Waals surface area (Å²) in [6.07, 6.45) is -4.89. The largest absolute Gasteiger partial charge is 0.471 e. The fraction of sp³-hybridized carbons (Fsp3) is 0.263. The predicted molar refractivity (Wildman–Crippen MR) is 106 cm³/mol. The van der Waals surface area contributed by atoms with Gasteiger partial charge in [0, 0.05) is 41.8 Å². The van der Waals surface area contributed by atoms with Gasteiger partial charge < -0.3 is 15.1 Å². The lowest BCUT2D eigenvalue weighted by Gasteiger charge is -2.37. The molecule has 0 unspecified atom stereocenters. The van der Waals surface area contributed by atoms with E-state index in [4.69, 9.17) is 23.2 Å². The van der Waals surface area contributed by atoms with Crippen LogP contribution in [0.4, 0.5) is 24.5 Å². The Labute approximate surface area is 175 Å². The minimum absolute atomic E-state index is 0.0778. The lowest BCUT2D eigenvalue weighted by atomic mass is 10.1. The summed E-state index contributed by atoms with van der Waals surface area (Å²) in [4.78, 5) is 26.5. The zero-order valence-corrected chi connectivity index (χ0v) is 16.5.